The van der Waals surface area contributed by atoms with Gasteiger partial charge in [0, 0.05) is 33.0 Å². The van der Waals surface area contributed by atoms with Crippen molar-refractivity contribution in [1.82, 2.24) is 19.4 Å². The molecule has 0 saturated carbocycles. The van der Waals surface area contributed by atoms with Crippen molar-refractivity contribution in [2.45, 2.75) is 102 Å². The molecule has 0 N–H and O–H groups in total. The maximum Gasteiger partial charge on any atom is 0.410 e. The lowest BCUT2D eigenvalue weighted by Crippen LogP contribution is -2.48. The highest BCUT2D eigenvalue weighted by Crippen LogP contribution is 2.46. The molecule has 182 valence electrons. The molecule has 1 amide bonds. The summed E-state index contributed by atoms with van der Waals surface area (Å²) in [6, 6.07) is 1.51. The second-order valence-corrected chi connectivity index (χ2v) is 17.7. The van der Waals surface area contributed by atoms with Gasteiger partial charge in [-0.25, -0.2) is 14.8 Å². The average Bonchev–Trinajstić information content (AvgIpc) is 3.19. The van der Waals surface area contributed by atoms with Crippen LogP contribution in [0, 0.1) is 0 Å². The van der Waals surface area contributed by atoms with Crippen LogP contribution in [-0.4, -0.2) is 57.9 Å². The Hall–Kier alpha value is -1.64. The van der Waals surface area contributed by atoms with Crippen LogP contribution in [0.1, 0.15) is 57.9 Å². The molecule has 2 bridgehead atoms. The molecular formula is C24H37ClN4O3Si. The fourth-order valence-corrected chi connectivity index (χ4v) is 6.10. The molecule has 0 aliphatic carbocycles. The normalized spacial score (nSPS) is 23.4. The monoisotopic (exact) mass is 492 g/mol. The van der Waals surface area contributed by atoms with Crippen LogP contribution >= 0.6 is 11.6 Å². The SMILES string of the molecule is CC(C)(C)OC(=O)N1C2CCC1CC(c1cn(COCC[Si](C)(C)C)c3ncnc(Cl)c13)C2. The van der Waals surface area contributed by atoms with Crippen molar-refractivity contribution in [3.63, 3.8) is 0 Å². The number of hydrogen-bond acceptors (Lipinski definition) is 5. The highest BCUT2D eigenvalue weighted by atomic mass is 35.5. The van der Waals surface area contributed by atoms with Gasteiger partial charge in [-0.05, 0) is 64.0 Å². The lowest BCUT2D eigenvalue weighted by molar-refractivity contribution is 0.00588. The summed E-state index contributed by atoms with van der Waals surface area (Å²) >= 11 is 6.57. The third-order valence-corrected chi connectivity index (χ3v) is 8.63. The van der Waals surface area contributed by atoms with E-state index in [9.17, 15) is 4.79 Å². The Balaban J connectivity index is 1.54. The molecule has 4 heterocycles. The third-order valence-electron chi connectivity index (χ3n) is 6.64. The van der Waals surface area contributed by atoms with Crippen molar-refractivity contribution in [2.75, 3.05) is 6.61 Å². The van der Waals surface area contributed by atoms with Crippen LogP contribution in [0.25, 0.3) is 11.0 Å². The maximum atomic E-state index is 12.9. The molecule has 33 heavy (non-hydrogen) atoms. The number of hydrogen-bond donors (Lipinski definition) is 0. The number of aromatic nitrogens is 3. The molecule has 4 rings (SSSR count). The first-order valence-electron chi connectivity index (χ1n) is 12.0. The number of nitrogens with zero attached hydrogens (tertiary/aromatic N) is 4. The van der Waals surface area contributed by atoms with Gasteiger partial charge < -0.3 is 18.9 Å². The van der Waals surface area contributed by atoms with Crippen LogP contribution in [0.5, 0.6) is 0 Å². The smallest absolute Gasteiger partial charge is 0.410 e. The third kappa shape index (κ3) is 5.54. The summed E-state index contributed by atoms with van der Waals surface area (Å²) in [5, 5.41) is 1.40. The first-order chi connectivity index (χ1) is 15.4. The lowest BCUT2D eigenvalue weighted by atomic mass is 9.85. The molecule has 0 radical (unpaired) electrons. The van der Waals surface area contributed by atoms with Gasteiger partial charge in [-0.15, -0.1) is 0 Å². The molecule has 2 aromatic rings. The Labute approximate surface area is 202 Å². The first kappa shape index (κ1) is 24.5. The fraction of sp³-hybridized carbons (Fsp3) is 0.708. The van der Waals surface area contributed by atoms with E-state index in [0.29, 0.717) is 17.8 Å². The van der Waals surface area contributed by atoms with Crippen molar-refractivity contribution in [1.29, 1.82) is 0 Å². The van der Waals surface area contributed by atoms with Crippen LogP contribution in [-0.2, 0) is 16.2 Å². The molecule has 9 heteroatoms. The Kier molecular flexibility index (Phi) is 6.82. The number of halogens is 1. The van der Waals surface area contributed by atoms with Crippen LogP contribution in [0.4, 0.5) is 4.79 Å². The number of carbonyl (C=O) groups excluding carboxylic acids is 1. The minimum atomic E-state index is -1.14. The maximum absolute atomic E-state index is 12.9. The summed E-state index contributed by atoms with van der Waals surface area (Å²) < 4.78 is 13.8. The van der Waals surface area contributed by atoms with Crippen molar-refractivity contribution in [3.05, 3.63) is 23.2 Å². The van der Waals surface area contributed by atoms with E-state index in [1.807, 2.05) is 25.7 Å². The first-order valence-corrected chi connectivity index (χ1v) is 16.1. The number of rotatable bonds is 6. The highest BCUT2D eigenvalue weighted by Gasteiger charge is 2.45. The topological polar surface area (TPSA) is 69.5 Å². The Bertz CT molecular complexity index is 1000. The van der Waals surface area contributed by atoms with Crippen LogP contribution in [0.2, 0.25) is 30.8 Å². The molecule has 2 fully saturated rings. The van der Waals surface area contributed by atoms with Crippen LogP contribution < -0.4 is 0 Å². The van der Waals surface area contributed by atoms with Gasteiger partial charge >= 0.3 is 6.09 Å². The second-order valence-electron chi connectivity index (χ2n) is 11.7. The number of piperidine rings is 1. The van der Waals surface area contributed by atoms with Gasteiger partial charge in [0.25, 0.3) is 0 Å². The molecule has 7 nitrogen and oxygen atoms in total. The van der Waals surface area contributed by atoms with E-state index in [4.69, 9.17) is 21.1 Å². The molecule has 0 spiro atoms. The summed E-state index contributed by atoms with van der Waals surface area (Å²) in [6.07, 6.45) is 7.31. The van der Waals surface area contributed by atoms with Gasteiger partial charge in [-0.2, -0.15) is 0 Å². The zero-order valence-electron chi connectivity index (χ0n) is 20.7. The molecule has 2 unspecified atom stereocenters. The molecule has 2 aromatic heterocycles. The minimum Gasteiger partial charge on any atom is -0.444 e. The zero-order chi connectivity index (χ0) is 24.0. The largest absolute Gasteiger partial charge is 0.444 e. The number of ether oxygens (including phenoxy) is 2. The van der Waals surface area contributed by atoms with E-state index in [1.165, 1.54) is 11.9 Å². The van der Waals surface area contributed by atoms with E-state index in [0.717, 1.165) is 49.4 Å². The molecule has 2 aliphatic rings. The number of carbonyl (C=O) groups is 1. The Morgan fingerprint density at radius 1 is 1.18 bits per heavy atom. The van der Waals surface area contributed by atoms with Gasteiger partial charge in [-0.3, -0.25) is 0 Å². The van der Waals surface area contributed by atoms with E-state index in [2.05, 4.69) is 40.4 Å². The number of fused-ring (bicyclic) bond motifs is 3. The molecule has 0 aromatic carbocycles. The fourth-order valence-electron chi connectivity index (χ4n) is 5.11. The molecular weight excluding hydrogens is 456 g/mol. The second kappa shape index (κ2) is 9.19. The van der Waals surface area contributed by atoms with Gasteiger partial charge in [0.2, 0.25) is 0 Å². The summed E-state index contributed by atoms with van der Waals surface area (Å²) in [5.74, 6) is 0.301. The average molecular weight is 493 g/mol. The minimum absolute atomic E-state index is 0.187. The quantitative estimate of drug-likeness (QED) is 0.279. The summed E-state index contributed by atoms with van der Waals surface area (Å²) in [7, 11) is -1.14. The lowest BCUT2D eigenvalue weighted by Gasteiger charge is -2.39. The molecule has 2 atom stereocenters. The predicted molar refractivity (Wildman–Crippen MR) is 134 cm³/mol. The highest BCUT2D eigenvalue weighted by molar-refractivity contribution is 6.76. The van der Waals surface area contributed by atoms with Gasteiger partial charge in [0.15, 0.2) is 0 Å². The van der Waals surface area contributed by atoms with E-state index in [1.54, 1.807) is 0 Å². The summed E-state index contributed by atoms with van der Waals surface area (Å²) in [5.41, 5.74) is 1.51. The van der Waals surface area contributed by atoms with Gasteiger partial charge in [0.1, 0.15) is 29.5 Å². The van der Waals surface area contributed by atoms with Crippen LogP contribution in [0.3, 0.4) is 0 Å². The van der Waals surface area contributed by atoms with Crippen molar-refractivity contribution in [2.24, 2.45) is 0 Å². The summed E-state index contributed by atoms with van der Waals surface area (Å²) in [6.45, 7) is 14.0. The zero-order valence-corrected chi connectivity index (χ0v) is 22.5. The van der Waals surface area contributed by atoms with Gasteiger partial charge in [-0.1, -0.05) is 31.2 Å². The van der Waals surface area contributed by atoms with Crippen molar-refractivity contribution < 1.29 is 14.3 Å². The van der Waals surface area contributed by atoms with E-state index >= 15 is 0 Å². The molecule has 2 saturated heterocycles. The summed E-state index contributed by atoms with van der Waals surface area (Å²) in [4.78, 5) is 23.6. The van der Waals surface area contributed by atoms with E-state index < -0.39 is 13.7 Å². The molecule has 2 aliphatic heterocycles. The standard InChI is InChI=1S/C24H37ClN4O3Si/c1-24(2,3)32-23(30)29-17-7-8-18(29)12-16(11-17)19-13-28(15-31-9-10-33(4,5)6)22-20(19)21(25)26-14-27-22/h13-14,16-18H,7-12,15H2,1-6H3. The Morgan fingerprint density at radius 3 is 2.45 bits per heavy atom. The van der Waals surface area contributed by atoms with Gasteiger partial charge in [0.05, 0.1) is 5.39 Å². The van der Waals surface area contributed by atoms with Crippen LogP contribution in [0.15, 0.2) is 12.5 Å². The van der Waals surface area contributed by atoms with Crippen molar-refractivity contribution in [3.8, 4) is 0 Å². The van der Waals surface area contributed by atoms with E-state index in [-0.39, 0.29) is 18.2 Å². The Morgan fingerprint density at radius 2 is 1.85 bits per heavy atom. The van der Waals surface area contributed by atoms with Crippen molar-refractivity contribution >= 4 is 36.8 Å². The number of amides is 1. The predicted octanol–water partition coefficient (Wildman–Crippen LogP) is 6.04.